The van der Waals surface area contributed by atoms with E-state index < -0.39 is 5.97 Å². The van der Waals surface area contributed by atoms with E-state index in [1.165, 1.54) is 11.0 Å². The van der Waals surface area contributed by atoms with Gasteiger partial charge in [0.2, 0.25) is 0 Å². The van der Waals surface area contributed by atoms with Crippen LogP contribution in [0.1, 0.15) is 17.3 Å². The fraction of sp³-hybridized carbons (Fsp3) is 0.273. The molecule has 1 aromatic carbocycles. The number of carbonyl (C=O) groups excluding carboxylic acids is 1. The van der Waals surface area contributed by atoms with Gasteiger partial charge in [-0.1, -0.05) is 15.9 Å². The Morgan fingerprint density at radius 3 is 2.65 bits per heavy atom. The lowest BCUT2D eigenvalue weighted by Gasteiger charge is -2.16. The van der Waals surface area contributed by atoms with Crippen LogP contribution < -0.4 is 5.32 Å². The molecule has 0 fully saturated rings. The molecular weight excluding hydrogens is 288 g/mol. The first-order chi connectivity index (χ1) is 7.95. The van der Waals surface area contributed by atoms with Gasteiger partial charge in [-0.2, -0.15) is 0 Å². The van der Waals surface area contributed by atoms with Crippen molar-refractivity contribution in [2.45, 2.75) is 6.92 Å². The summed E-state index contributed by atoms with van der Waals surface area (Å²) < 4.78 is 0.706. The molecule has 0 aliphatic carbocycles. The van der Waals surface area contributed by atoms with E-state index in [9.17, 15) is 9.59 Å². The Bertz CT molecular complexity index is 448. The molecule has 1 rings (SSSR count). The van der Waals surface area contributed by atoms with Crippen LogP contribution in [-0.4, -0.2) is 35.6 Å². The summed E-state index contributed by atoms with van der Waals surface area (Å²) >= 11 is 3.23. The summed E-state index contributed by atoms with van der Waals surface area (Å²) in [6.45, 7) is 2.38. The fourth-order valence-electron chi connectivity index (χ4n) is 1.16. The fourth-order valence-corrected chi connectivity index (χ4v) is 1.52. The second-order valence-corrected chi connectivity index (χ2v) is 4.36. The number of anilines is 1. The predicted molar refractivity (Wildman–Crippen MR) is 68.4 cm³/mol. The van der Waals surface area contributed by atoms with Gasteiger partial charge in [0.1, 0.15) is 0 Å². The van der Waals surface area contributed by atoms with Crippen LogP contribution in [0.3, 0.4) is 0 Å². The van der Waals surface area contributed by atoms with Crippen molar-refractivity contribution in [3.8, 4) is 0 Å². The first kappa shape index (κ1) is 13.5. The van der Waals surface area contributed by atoms with Gasteiger partial charge in [0.15, 0.2) is 0 Å². The van der Waals surface area contributed by atoms with E-state index in [1.54, 1.807) is 19.2 Å². The molecule has 0 unspecified atom stereocenters. The Kier molecular flexibility index (Phi) is 4.51. The van der Waals surface area contributed by atoms with Crippen LogP contribution in [0.25, 0.3) is 0 Å². The lowest BCUT2D eigenvalue weighted by molar-refractivity contribution is 0.0698. The molecule has 0 radical (unpaired) electrons. The van der Waals surface area contributed by atoms with Gasteiger partial charge in [0.05, 0.1) is 11.3 Å². The standard InChI is InChI=1S/C11H13BrN2O3/c1-3-14(2)11(17)13-9-6-7(12)4-5-8(9)10(15)16/h4-6H,3H2,1-2H3,(H,13,17)(H,15,16). The van der Waals surface area contributed by atoms with Crippen molar-refractivity contribution >= 4 is 33.6 Å². The van der Waals surface area contributed by atoms with Crippen molar-refractivity contribution in [1.29, 1.82) is 0 Å². The second kappa shape index (κ2) is 5.67. The highest BCUT2D eigenvalue weighted by atomic mass is 79.9. The Morgan fingerprint density at radius 2 is 2.12 bits per heavy atom. The van der Waals surface area contributed by atoms with E-state index in [0.29, 0.717) is 11.0 Å². The molecule has 2 N–H and O–H groups in total. The summed E-state index contributed by atoms with van der Waals surface area (Å²) in [7, 11) is 1.63. The summed E-state index contributed by atoms with van der Waals surface area (Å²) in [5.41, 5.74) is 0.336. The molecule has 0 aliphatic rings. The Labute approximate surface area is 108 Å². The number of carbonyl (C=O) groups is 2. The summed E-state index contributed by atoms with van der Waals surface area (Å²) in [5.74, 6) is -1.08. The molecule has 0 heterocycles. The van der Waals surface area contributed by atoms with Crippen molar-refractivity contribution in [1.82, 2.24) is 4.90 Å². The van der Waals surface area contributed by atoms with E-state index in [4.69, 9.17) is 5.11 Å². The maximum atomic E-state index is 11.6. The molecule has 0 saturated heterocycles. The molecule has 0 atom stereocenters. The third kappa shape index (κ3) is 3.45. The number of hydrogen-bond acceptors (Lipinski definition) is 2. The smallest absolute Gasteiger partial charge is 0.337 e. The largest absolute Gasteiger partial charge is 0.478 e. The van der Waals surface area contributed by atoms with E-state index in [1.807, 2.05) is 6.92 Å². The number of carboxylic acid groups (broad SMARTS) is 1. The van der Waals surface area contributed by atoms with Gasteiger partial charge < -0.3 is 15.3 Å². The molecule has 0 aliphatic heterocycles. The highest BCUT2D eigenvalue weighted by Gasteiger charge is 2.14. The van der Waals surface area contributed by atoms with Crippen molar-refractivity contribution in [3.05, 3.63) is 28.2 Å². The van der Waals surface area contributed by atoms with Gasteiger partial charge in [-0.15, -0.1) is 0 Å². The monoisotopic (exact) mass is 300 g/mol. The zero-order valence-electron chi connectivity index (χ0n) is 9.53. The maximum Gasteiger partial charge on any atom is 0.337 e. The summed E-state index contributed by atoms with van der Waals surface area (Å²) in [6, 6.07) is 4.27. The van der Waals surface area contributed by atoms with Crippen molar-refractivity contribution in [3.63, 3.8) is 0 Å². The third-order valence-corrected chi connectivity index (χ3v) is 2.77. The number of halogens is 1. The average Bonchev–Trinajstić information content (AvgIpc) is 2.27. The van der Waals surface area contributed by atoms with Gasteiger partial charge in [-0.05, 0) is 25.1 Å². The highest BCUT2D eigenvalue weighted by molar-refractivity contribution is 9.10. The molecule has 5 nitrogen and oxygen atoms in total. The Morgan fingerprint density at radius 1 is 1.47 bits per heavy atom. The van der Waals surface area contributed by atoms with Crippen LogP contribution in [0.4, 0.5) is 10.5 Å². The molecule has 0 aromatic heterocycles. The first-order valence-electron chi connectivity index (χ1n) is 5.00. The van der Waals surface area contributed by atoms with Gasteiger partial charge in [0.25, 0.3) is 0 Å². The lowest BCUT2D eigenvalue weighted by Crippen LogP contribution is -2.31. The number of amides is 2. The zero-order chi connectivity index (χ0) is 13.0. The number of carboxylic acids is 1. The van der Waals surface area contributed by atoms with Crippen molar-refractivity contribution < 1.29 is 14.7 Å². The molecule has 0 saturated carbocycles. The number of hydrogen-bond donors (Lipinski definition) is 2. The molecule has 6 heteroatoms. The molecule has 1 aromatic rings. The molecule has 92 valence electrons. The lowest BCUT2D eigenvalue weighted by atomic mass is 10.2. The summed E-state index contributed by atoms with van der Waals surface area (Å²) in [6.07, 6.45) is 0. The SMILES string of the molecule is CCN(C)C(=O)Nc1cc(Br)ccc1C(=O)O. The van der Waals surface area contributed by atoms with Gasteiger partial charge in [-0.3, -0.25) is 0 Å². The van der Waals surface area contributed by atoms with Gasteiger partial charge >= 0.3 is 12.0 Å². The molecule has 0 spiro atoms. The molecule has 0 bridgehead atoms. The number of nitrogens with zero attached hydrogens (tertiary/aromatic N) is 1. The average molecular weight is 301 g/mol. The minimum atomic E-state index is -1.08. The maximum absolute atomic E-state index is 11.6. The number of benzene rings is 1. The van der Waals surface area contributed by atoms with Crippen molar-refractivity contribution in [2.75, 3.05) is 18.9 Å². The van der Waals surface area contributed by atoms with E-state index >= 15 is 0 Å². The molecule has 2 amide bonds. The number of nitrogens with one attached hydrogen (secondary N) is 1. The number of aromatic carboxylic acids is 1. The zero-order valence-corrected chi connectivity index (χ0v) is 11.1. The Hall–Kier alpha value is -1.56. The number of urea groups is 1. The summed E-state index contributed by atoms with van der Waals surface area (Å²) in [4.78, 5) is 24.1. The van der Waals surface area contributed by atoms with Crippen LogP contribution in [-0.2, 0) is 0 Å². The molecular formula is C11H13BrN2O3. The minimum Gasteiger partial charge on any atom is -0.478 e. The van der Waals surface area contributed by atoms with E-state index in [2.05, 4.69) is 21.2 Å². The topological polar surface area (TPSA) is 69.6 Å². The van der Waals surface area contributed by atoms with Crippen LogP contribution in [0.15, 0.2) is 22.7 Å². The molecule has 17 heavy (non-hydrogen) atoms. The minimum absolute atomic E-state index is 0.0612. The van der Waals surface area contributed by atoms with Crippen LogP contribution in [0.2, 0.25) is 0 Å². The number of rotatable bonds is 3. The first-order valence-corrected chi connectivity index (χ1v) is 5.80. The Balaban J connectivity index is 3.00. The third-order valence-electron chi connectivity index (χ3n) is 2.27. The summed E-state index contributed by atoms with van der Waals surface area (Å²) in [5, 5.41) is 11.5. The van der Waals surface area contributed by atoms with Crippen LogP contribution in [0.5, 0.6) is 0 Å². The van der Waals surface area contributed by atoms with Crippen LogP contribution in [0, 0.1) is 0 Å². The highest BCUT2D eigenvalue weighted by Crippen LogP contribution is 2.21. The predicted octanol–water partition coefficient (Wildman–Crippen LogP) is 2.63. The van der Waals surface area contributed by atoms with Gasteiger partial charge in [0, 0.05) is 18.1 Å². The van der Waals surface area contributed by atoms with E-state index in [0.717, 1.165) is 0 Å². The van der Waals surface area contributed by atoms with E-state index in [-0.39, 0.29) is 17.3 Å². The normalized spacial score (nSPS) is 9.82. The quantitative estimate of drug-likeness (QED) is 0.901. The van der Waals surface area contributed by atoms with Crippen LogP contribution >= 0.6 is 15.9 Å². The van der Waals surface area contributed by atoms with Gasteiger partial charge in [-0.25, -0.2) is 9.59 Å². The second-order valence-electron chi connectivity index (χ2n) is 3.44. The van der Waals surface area contributed by atoms with Crippen molar-refractivity contribution in [2.24, 2.45) is 0 Å².